The zero-order chi connectivity index (χ0) is 16.8. The Hall–Kier alpha value is -2.07. The number of benzene rings is 1. The van der Waals surface area contributed by atoms with Gasteiger partial charge in [-0.15, -0.1) is 0 Å². The number of anilines is 2. The smallest absolute Gasteiger partial charge is 0.252 e. The van der Waals surface area contributed by atoms with Crippen LogP contribution in [0.2, 0.25) is 5.02 Å². The molecule has 0 aliphatic rings. The molecule has 122 valence electrons. The van der Waals surface area contributed by atoms with Crippen LogP contribution in [0.3, 0.4) is 0 Å². The lowest BCUT2D eigenvalue weighted by atomic mass is 10.1. The van der Waals surface area contributed by atoms with Gasteiger partial charge in [-0.1, -0.05) is 25.4 Å². The predicted octanol–water partition coefficient (Wildman–Crippen LogP) is 4.56. The number of nitrogens with zero attached hydrogens (tertiary/aromatic N) is 1. The Morgan fingerprint density at radius 2 is 2.04 bits per heavy atom. The highest BCUT2D eigenvalue weighted by molar-refractivity contribution is 6.30. The van der Waals surface area contributed by atoms with E-state index in [0.717, 1.165) is 23.4 Å². The summed E-state index contributed by atoms with van der Waals surface area (Å²) in [5.74, 6) is 0.462. The third-order valence-electron chi connectivity index (χ3n) is 3.48. The highest BCUT2D eigenvalue weighted by Gasteiger charge is 2.08. The molecule has 1 aromatic carbocycles. The molecular formula is C18H22ClN3O. The molecule has 0 saturated heterocycles. The quantitative estimate of drug-likeness (QED) is 0.815. The first kappa shape index (κ1) is 17.3. The van der Waals surface area contributed by atoms with Crippen LogP contribution in [0.5, 0.6) is 0 Å². The fourth-order valence-electron chi connectivity index (χ4n) is 2.13. The monoisotopic (exact) mass is 331 g/mol. The molecule has 0 spiro atoms. The number of aromatic nitrogens is 1. The molecule has 1 heterocycles. The normalized spacial score (nSPS) is 10.7. The Balaban J connectivity index is 2.06. The molecule has 0 atom stereocenters. The molecule has 0 unspecified atom stereocenters. The van der Waals surface area contributed by atoms with E-state index in [-0.39, 0.29) is 5.91 Å². The Bertz CT molecular complexity index is 686. The minimum Gasteiger partial charge on any atom is -0.354 e. The van der Waals surface area contributed by atoms with Gasteiger partial charge in [0.15, 0.2) is 0 Å². The van der Waals surface area contributed by atoms with E-state index in [4.69, 9.17) is 11.6 Å². The molecule has 5 heteroatoms. The minimum atomic E-state index is -0.102. The summed E-state index contributed by atoms with van der Waals surface area (Å²) in [5.41, 5.74) is 3.29. The van der Waals surface area contributed by atoms with Crippen molar-refractivity contribution in [2.24, 2.45) is 5.92 Å². The summed E-state index contributed by atoms with van der Waals surface area (Å²) in [6, 6.07) is 7.42. The Kier molecular flexibility index (Phi) is 5.99. The summed E-state index contributed by atoms with van der Waals surface area (Å²) in [6.07, 6.45) is 4.23. The van der Waals surface area contributed by atoms with Gasteiger partial charge in [-0.05, 0) is 49.1 Å². The number of aryl methyl sites for hydroxylation is 1. The number of carbonyl (C=O) groups is 1. The maximum atomic E-state index is 12.1. The molecule has 0 radical (unpaired) electrons. The van der Waals surface area contributed by atoms with Gasteiger partial charge in [-0.25, -0.2) is 0 Å². The Labute approximate surface area is 142 Å². The predicted molar refractivity (Wildman–Crippen MR) is 95.5 cm³/mol. The van der Waals surface area contributed by atoms with E-state index in [0.29, 0.717) is 23.0 Å². The maximum Gasteiger partial charge on any atom is 0.252 e. The molecule has 1 aromatic heterocycles. The number of hydrogen-bond acceptors (Lipinski definition) is 3. The number of rotatable bonds is 6. The summed E-state index contributed by atoms with van der Waals surface area (Å²) in [6.45, 7) is 6.91. The van der Waals surface area contributed by atoms with Crippen molar-refractivity contribution in [2.75, 3.05) is 11.9 Å². The third kappa shape index (κ3) is 5.25. The highest BCUT2D eigenvalue weighted by Crippen LogP contribution is 2.23. The van der Waals surface area contributed by atoms with Crippen molar-refractivity contribution in [3.8, 4) is 0 Å². The van der Waals surface area contributed by atoms with Crippen LogP contribution in [0.25, 0.3) is 0 Å². The van der Waals surface area contributed by atoms with Crippen molar-refractivity contribution >= 4 is 28.9 Å². The zero-order valence-electron chi connectivity index (χ0n) is 13.7. The van der Waals surface area contributed by atoms with Gasteiger partial charge in [0.2, 0.25) is 0 Å². The van der Waals surface area contributed by atoms with Crippen LogP contribution >= 0.6 is 11.6 Å². The van der Waals surface area contributed by atoms with Gasteiger partial charge in [0.25, 0.3) is 5.91 Å². The van der Waals surface area contributed by atoms with Crippen molar-refractivity contribution in [1.29, 1.82) is 0 Å². The Morgan fingerprint density at radius 1 is 1.26 bits per heavy atom. The molecule has 0 bridgehead atoms. The second-order valence-electron chi connectivity index (χ2n) is 5.98. The molecule has 2 N–H and O–H groups in total. The SMILES string of the molecule is Cc1cc(Cl)ccc1Nc1cncc(C(=O)NCCC(C)C)c1. The first-order chi connectivity index (χ1) is 11.0. The standard InChI is InChI=1S/C18H22ClN3O/c1-12(2)6-7-21-18(23)14-9-16(11-20-10-14)22-17-5-4-15(19)8-13(17)3/h4-5,8-12,22H,6-7H2,1-3H3,(H,21,23). The van der Waals surface area contributed by atoms with E-state index < -0.39 is 0 Å². The number of amides is 1. The number of carbonyl (C=O) groups excluding carboxylic acids is 1. The average molecular weight is 332 g/mol. The first-order valence-corrected chi connectivity index (χ1v) is 8.10. The summed E-state index contributed by atoms with van der Waals surface area (Å²) < 4.78 is 0. The van der Waals surface area contributed by atoms with E-state index >= 15 is 0 Å². The molecule has 0 aliphatic carbocycles. The lowest BCUT2D eigenvalue weighted by molar-refractivity contribution is 0.0951. The van der Waals surface area contributed by atoms with Gasteiger partial charge >= 0.3 is 0 Å². The molecule has 0 fully saturated rings. The van der Waals surface area contributed by atoms with Crippen LogP contribution in [-0.4, -0.2) is 17.4 Å². The molecule has 1 amide bonds. The van der Waals surface area contributed by atoms with Gasteiger partial charge in [0.1, 0.15) is 0 Å². The average Bonchev–Trinajstić information content (AvgIpc) is 2.50. The Morgan fingerprint density at radius 3 is 2.74 bits per heavy atom. The topological polar surface area (TPSA) is 54.0 Å². The molecule has 4 nitrogen and oxygen atoms in total. The largest absolute Gasteiger partial charge is 0.354 e. The molecule has 0 saturated carbocycles. The van der Waals surface area contributed by atoms with Gasteiger partial charge < -0.3 is 10.6 Å². The summed E-state index contributed by atoms with van der Waals surface area (Å²) in [5, 5.41) is 6.88. The first-order valence-electron chi connectivity index (χ1n) is 7.72. The number of halogens is 1. The van der Waals surface area contributed by atoms with Crippen molar-refractivity contribution in [3.05, 3.63) is 52.8 Å². The third-order valence-corrected chi connectivity index (χ3v) is 3.71. The van der Waals surface area contributed by atoms with E-state index in [1.807, 2.05) is 25.1 Å². The van der Waals surface area contributed by atoms with E-state index in [1.54, 1.807) is 18.5 Å². The number of pyridine rings is 1. The van der Waals surface area contributed by atoms with Gasteiger partial charge in [-0.2, -0.15) is 0 Å². The molecule has 2 aromatic rings. The van der Waals surface area contributed by atoms with Crippen molar-refractivity contribution in [1.82, 2.24) is 10.3 Å². The minimum absolute atomic E-state index is 0.102. The molecule has 23 heavy (non-hydrogen) atoms. The second-order valence-corrected chi connectivity index (χ2v) is 6.42. The van der Waals surface area contributed by atoms with Crippen molar-refractivity contribution < 1.29 is 4.79 Å². The molecule has 0 aliphatic heterocycles. The van der Waals surface area contributed by atoms with Gasteiger partial charge in [0, 0.05) is 23.5 Å². The van der Waals surface area contributed by atoms with Crippen LogP contribution in [0.1, 0.15) is 36.2 Å². The summed E-state index contributed by atoms with van der Waals surface area (Å²) >= 11 is 5.96. The lowest BCUT2D eigenvalue weighted by Crippen LogP contribution is -2.25. The molecular weight excluding hydrogens is 310 g/mol. The lowest BCUT2D eigenvalue weighted by Gasteiger charge is -2.11. The van der Waals surface area contributed by atoms with Crippen molar-refractivity contribution in [2.45, 2.75) is 27.2 Å². The van der Waals surface area contributed by atoms with E-state index in [1.165, 1.54) is 0 Å². The van der Waals surface area contributed by atoms with Gasteiger partial charge in [-0.3, -0.25) is 9.78 Å². The fraction of sp³-hybridized carbons (Fsp3) is 0.333. The van der Waals surface area contributed by atoms with Crippen LogP contribution in [-0.2, 0) is 0 Å². The fourth-order valence-corrected chi connectivity index (χ4v) is 2.36. The second kappa shape index (κ2) is 7.97. The van der Waals surface area contributed by atoms with E-state index in [9.17, 15) is 4.79 Å². The zero-order valence-corrected chi connectivity index (χ0v) is 14.4. The van der Waals surface area contributed by atoms with Crippen LogP contribution < -0.4 is 10.6 Å². The summed E-state index contributed by atoms with van der Waals surface area (Å²) in [4.78, 5) is 16.3. The number of nitrogens with one attached hydrogen (secondary N) is 2. The van der Waals surface area contributed by atoms with Crippen LogP contribution in [0, 0.1) is 12.8 Å². The van der Waals surface area contributed by atoms with Crippen LogP contribution in [0.4, 0.5) is 11.4 Å². The highest BCUT2D eigenvalue weighted by atomic mass is 35.5. The summed E-state index contributed by atoms with van der Waals surface area (Å²) in [7, 11) is 0. The van der Waals surface area contributed by atoms with Crippen molar-refractivity contribution in [3.63, 3.8) is 0 Å². The van der Waals surface area contributed by atoms with Crippen LogP contribution in [0.15, 0.2) is 36.7 Å². The number of hydrogen-bond donors (Lipinski definition) is 2. The van der Waals surface area contributed by atoms with Gasteiger partial charge in [0.05, 0.1) is 17.4 Å². The molecule has 2 rings (SSSR count). The van der Waals surface area contributed by atoms with E-state index in [2.05, 4.69) is 29.5 Å². The maximum absolute atomic E-state index is 12.1.